The van der Waals surface area contributed by atoms with Crippen molar-refractivity contribution in [2.45, 2.75) is 58.8 Å². The van der Waals surface area contributed by atoms with Gasteiger partial charge in [0.05, 0.1) is 103 Å². The maximum atomic E-state index is 14.2. The smallest absolute Gasteiger partial charge is 0.358 e. The van der Waals surface area contributed by atoms with E-state index < -0.39 is 17.7 Å². The van der Waals surface area contributed by atoms with Crippen LogP contribution in [0.15, 0.2) is 73.2 Å². The van der Waals surface area contributed by atoms with E-state index in [9.17, 15) is 23.6 Å². The maximum absolute atomic E-state index is 14.2. The molecule has 18 nitrogen and oxygen atoms in total. The summed E-state index contributed by atoms with van der Waals surface area (Å²) in [7, 11) is 1.66. The third kappa shape index (κ3) is 15.1. The molecule has 1 aliphatic heterocycles. The van der Waals surface area contributed by atoms with Crippen molar-refractivity contribution in [3.63, 3.8) is 0 Å². The van der Waals surface area contributed by atoms with E-state index >= 15 is 0 Å². The summed E-state index contributed by atoms with van der Waals surface area (Å²) in [6.07, 6.45) is 5.87. The van der Waals surface area contributed by atoms with Gasteiger partial charge in [0.1, 0.15) is 23.6 Å². The van der Waals surface area contributed by atoms with Crippen LogP contribution >= 0.6 is 11.6 Å². The van der Waals surface area contributed by atoms with Gasteiger partial charge in [-0.05, 0) is 79.3 Å². The molecular formula is C48H58ClFN8O10. The Balaban J connectivity index is 0.780. The summed E-state index contributed by atoms with van der Waals surface area (Å²) in [5.41, 5.74) is 5.30. The van der Waals surface area contributed by atoms with Crippen molar-refractivity contribution in [3.05, 3.63) is 124 Å². The number of benzene rings is 3. The third-order valence-electron chi connectivity index (χ3n) is 10.8. The van der Waals surface area contributed by atoms with Gasteiger partial charge in [0.2, 0.25) is 5.91 Å². The van der Waals surface area contributed by atoms with Crippen molar-refractivity contribution >= 4 is 35.3 Å². The number of hydrogen-bond donors (Lipinski definition) is 2. The van der Waals surface area contributed by atoms with Gasteiger partial charge in [-0.1, -0.05) is 29.5 Å². The highest BCUT2D eigenvalue weighted by Gasteiger charge is 2.31. The number of fused-ring (bicyclic) bond motifs is 3. The van der Waals surface area contributed by atoms with E-state index in [-0.39, 0.29) is 69.0 Å². The number of alkyl halides is 1. The van der Waals surface area contributed by atoms with E-state index in [0.29, 0.717) is 87.6 Å². The van der Waals surface area contributed by atoms with E-state index in [1.54, 1.807) is 53.7 Å². The molecule has 68 heavy (non-hydrogen) atoms. The zero-order valence-electron chi connectivity index (χ0n) is 38.4. The fourth-order valence-corrected chi connectivity index (χ4v) is 7.35. The lowest BCUT2D eigenvalue weighted by Crippen LogP contribution is -2.33. The second-order valence-electron chi connectivity index (χ2n) is 15.5. The molecule has 3 heterocycles. The molecule has 5 aromatic rings. The maximum Gasteiger partial charge on any atom is 0.358 e. The fraction of sp³-hybridized carbons (Fsp3) is 0.438. The summed E-state index contributed by atoms with van der Waals surface area (Å²) in [4.78, 5) is 56.8. The number of nitrogens with zero attached hydrogens (tertiary/aromatic N) is 6. The van der Waals surface area contributed by atoms with Crippen LogP contribution in [0.2, 0.25) is 0 Å². The van der Waals surface area contributed by atoms with Gasteiger partial charge in [-0.15, -0.1) is 16.7 Å². The predicted molar refractivity (Wildman–Crippen MR) is 247 cm³/mol. The summed E-state index contributed by atoms with van der Waals surface area (Å²) in [6, 6.07) is 17.1. The van der Waals surface area contributed by atoms with Crippen LogP contribution in [0.1, 0.15) is 79.0 Å². The van der Waals surface area contributed by atoms with Crippen LogP contribution < -0.4 is 15.4 Å². The molecule has 0 saturated heterocycles. The molecule has 364 valence electrons. The van der Waals surface area contributed by atoms with Crippen LogP contribution in [-0.2, 0) is 67.6 Å². The standard InChI is InChI=1S/C48H58ClFN8O10/c1-3-68-48(62)45-42-31-56(47(61)40-28-38(50)12-13-41(40)58(42)33-53-45)18-23-67-32-39-30-57(55-54-39)19-24-66-26-25-65-21-15-44(59)52-29-35-7-10-37(11-8-35)46(60)51-17-22-64-20-14-36-9-6-34(5-4-16-49)27-43(36)63-2/h6-13,27-28,30,33H,3-5,14-26,29,31-32H2,1-2H3,(H,51,60)(H,52,59). The molecule has 1 aliphatic rings. The first-order valence-electron chi connectivity index (χ1n) is 22.6. The van der Waals surface area contributed by atoms with Gasteiger partial charge < -0.3 is 44.0 Å². The van der Waals surface area contributed by atoms with E-state index in [2.05, 4.69) is 38.1 Å². The van der Waals surface area contributed by atoms with Crippen LogP contribution in [0.5, 0.6) is 5.75 Å². The molecule has 0 unspecified atom stereocenters. The second kappa shape index (κ2) is 26.9. The first kappa shape index (κ1) is 51.1. The Morgan fingerprint density at radius 2 is 1.63 bits per heavy atom. The van der Waals surface area contributed by atoms with Crippen LogP contribution in [0.4, 0.5) is 4.39 Å². The lowest BCUT2D eigenvalue weighted by Gasteiger charge is -2.21. The monoisotopic (exact) mass is 960 g/mol. The zero-order chi connectivity index (χ0) is 48.1. The molecule has 2 aromatic heterocycles. The van der Waals surface area contributed by atoms with Gasteiger partial charge in [-0.3, -0.25) is 19.0 Å². The van der Waals surface area contributed by atoms with E-state index in [0.717, 1.165) is 29.7 Å². The number of hydrogen-bond acceptors (Lipinski definition) is 13. The fourth-order valence-electron chi connectivity index (χ4n) is 7.21. The summed E-state index contributed by atoms with van der Waals surface area (Å²) in [5.74, 6) is -0.483. The number of aryl methyl sites for hydroxylation is 1. The van der Waals surface area contributed by atoms with Gasteiger partial charge in [0.25, 0.3) is 11.8 Å². The predicted octanol–water partition coefficient (Wildman–Crippen LogP) is 4.86. The number of halogens is 2. The zero-order valence-corrected chi connectivity index (χ0v) is 39.1. The Morgan fingerprint density at radius 1 is 0.853 bits per heavy atom. The van der Waals surface area contributed by atoms with E-state index in [1.165, 1.54) is 35.0 Å². The number of amides is 3. The Labute approximate surface area is 399 Å². The van der Waals surface area contributed by atoms with Crippen LogP contribution in [-0.4, -0.2) is 132 Å². The molecule has 0 fully saturated rings. The second-order valence-corrected chi connectivity index (χ2v) is 15.9. The number of carbonyl (C=O) groups excluding carboxylic acids is 4. The molecule has 0 spiro atoms. The molecule has 2 N–H and O–H groups in total. The minimum atomic E-state index is -0.610. The molecule has 0 aliphatic carbocycles. The van der Waals surface area contributed by atoms with Gasteiger partial charge in [0.15, 0.2) is 5.69 Å². The van der Waals surface area contributed by atoms with Crippen molar-refractivity contribution in [1.29, 1.82) is 0 Å². The summed E-state index contributed by atoms with van der Waals surface area (Å²) in [5, 5.41) is 14.0. The molecule has 0 saturated carbocycles. The topological polar surface area (TPSA) is 199 Å². The van der Waals surface area contributed by atoms with Gasteiger partial charge in [0, 0.05) is 37.5 Å². The normalized spacial score (nSPS) is 12.1. The molecule has 0 bridgehead atoms. The molecule has 20 heteroatoms. The average molecular weight is 961 g/mol. The Kier molecular flexibility index (Phi) is 20.3. The van der Waals surface area contributed by atoms with Crippen molar-refractivity contribution in [2.75, 3.05) is 78.9 Å². The van der Waals surface area contributed by atoms with Gasteiger partial charge in [-0.25, -0.2) is 18.9 Å². The molecule has 6 rings (SSSR count). The van der Waals surface area contributed by atoms with Crippen LogP contribution in [0, 0.1) is 5.82 Å². The minimum absolute atomic E-state index is 0.0362. The number of esters is 1. The first-order chi connectivity index (χ1) is 33.2. The van der Waals surface area contributed by atoms with Crippen LogP contribution in [0.25, 0.3) is 5.69 Å². The van der Waals surface area contributed by atoms with Crippen molar-refractivity contribution in [1.82, 2.24) is 40.1 Å². The number of methoxy groups -OCH3 is 1. The van der Waals surface area contributed by atoms with Crippen molar-refractivity contribution < 1.29 is 52.0 Å². The molecule has 0 atom stereocenters. The largest absolute Gasteiger partial charge is 0.496 e. The quantitative estimate of drug-likeness (QED) is 0.0375. The summed E-state index contributed by atoms with van der Waals surface area (Å²) in [6.45, 7) is 5.56. The number of imidazole rings is 1. The summed E-state index contributed by atoms with van der Waals surface area (Å²) >= 11 is 5.81. The number of ether oxygens (including phenoxy) is 6. The Morgan fingerprint density at radius 3 is 2.43 bits per heavy atom. The average Bonchev–Trinajstić information content (AvgIpc) is 3.97. The van der Waals surface area contributed by atoms with E-state index in [4.69, 9.17) is 40.0 Å². The van der Waals surface area contributed by atoms with Crippen molar-refractivity contribution in [3.8, 4) is 11.4 Å². The van der Waals surface area contributed by atoms with Gasteiger partial charge in [-0.2, -0.15) is 0 Å². The minimum Gasteiger partial charge on any atom is -0.496 e. The highest BCUT2D eigenvalue weighted by molar-refractivity contribution is 6.17. The molecule has 3 amide bonds. The molecule has 0 radical (unpaired) electrons. The van der Waals surface area contributed by atoms with Crippen molar-refractivity contribution in [2.24, 2.45) is 0 Å². The highest BCUT2D eigenvalue weighted by atomic mass is 35.5. The van der Waals surface area contributed by atoms with E-state index in [1.807, 2.05) is 6.07 Å². The highest BCUT2D eigenvalue weighted by Crippen LogP contribution is 2.28. The lowest BCUT2D eigenvalue weighted by atomic mass is 10.0. The Hall–Kier alpha value is -6.25. The number of aromatic nitrogens is 5. The number of carbonyl (C=O) groups is 4. The first-order valence-corrected chi connectivity index (χ1v) is 23.1. The number of rotatable bonds is 29. The van der Waals surface area contributed by atoms with Gasteiger partial charge >= 0.3 is 5.97 Å². The lowest BCUT2D eigenvalue weighted by molar-refractivity contribution is -0.122. The SMILES string of the molecule is CCOC(=O)c1ncn2c1CN(CCOCc1cn(CCOCCOCCC(=O)NCc3ccc(C(=O)NCCOCCc4ccc(CCCCl)cc4OC)cc3)nn1)C(=O)c1cc(F)ccc1-2. The summed E-state index contributed by atoms with van der Waals surface area (Å²) < 4.78 is 50.9. The van der Waals surface area contributed by atoms with Crippen LogP contribution in [0.3, 0.4) is 0 Å². The molecule has 3 aromatic carbocycles. The third-order valence-corrected chi connectivity index (χ3v) is 11.0. The number of nitrogens with one attached hydrogen (secondary N) is 2. The Bertz CT molecular complexity index is 2430. The molecular weight excluding hydrogens is 903 g/mol.